The lowest BCUT2D eigenvalue weighted by atomic mass is 9.86. The third-order valence-electron chi connectivity index (χ3n) is 4.96. The van der Waals surface area contributed by atoms with E-state index in [-0.39, 0.29) is 37.4 Å². The number of benzene rings is 1. The number of alkyl halides is 3. The van der Waals surface area contributed by atoms with Crippen LogP contribution in [0.4, 0.5) is 13.2 Å². The van der Waals surface area contributed by atoms with Crippen LogP contribution in [0.5, 0.6) is 0 Å². The molecule has 1 saturated heterocycles. The topological polar surface area (TPSA) is 73.8 Å². The number of guanidine groups is 1. The molecule has 1 aromatic carbocycles. The number of rotatable bonds is 7. The van der Waals surface area contributed by atoms with E-state index < -0.39 is 15.5 Å². The largest absolute Gasteiger partial charge is 0.511 e. The number of piperidine rings is 1. The Labute approximate surface area is 177 Å². The zero-order valence-corrected chi connectivity index (χ0v) is 18.5. The van der Waals surface area contributed by atoms with Crippen LogP contribution >= 0.6 is 0 Å². The van der Waals surface area contributed by atoms with E-state index in [0.29, 0.717) is 23.4 Å². The molecule has 0 amide bonds. The lowest BCUT2D eigenvalue weighted by Gasteiger charge is -2.32. The van der Waals surface area contributed by atoms with Crippen LogP contribution in [0.25, 0.3) is 0 Å². The highest BCUT2D eigenvalue weighted by atomic mass is 32.2. The summed E-state index contributed by atoms with van der Waals surface area (Å²) in [7, 11) is -5.26. The second-order valence-electron chi connectivity index (χ2n) is 8.29. The van der Waals surface area contributed by atoms with E-state index >= 15 is 0 Å². The van der Waals surface area contributed by atoms with Crippen molar-refractivity contribution >= 4 is 16.0 Å². The van der Waals surface area contributed by atoms with Gasteiger partial charge in [-0.15, -0.1) is 0 Å². The highest BCUT2D eigenvalue weighted by molar-refractivity contribution is 7.90. The summed E-state index contributed by atoms with van der Waals surface area (Å²) in [4.78, 5) is 4.67. The van der Waals surface area contributed by atoms with Crippen molar-refractivity contribution in [1.82, 2.24) is 14.9 Å². The van der Waals surface area contributed by atoms with E-state index in [1.54, 1.807) is 0 Å². The minimum Gasteiger partial charge on any atom is -0.357 e. The lowest BCUT2D eigenvalue weighted by molar-refractivity contribution is -0.0494. The Morgan fingerprint density at radius 1 is 1.17 bits per heavy atom. The smallest absolute Gasteiger partial charge is 0.357 e. The van der Waals surface area contributed by atoms with Crippen molar-refractivity contribution in [3.05, 3.63) is 35.9 Å². The Balaban J connectivity index is 1.94. The van der Waals surface area contributed by atoms with Gasteiger partial charge in [0, 0.05) is 32.2 Å². The number of nitrogens with zero attached hydrogens (tertiary/aromatic N) is 2. The van der Waals surface area contributed by atoms with E-state index in [2.05, 4.69) is 41.6 Å². The molecule has 0 spiro atoms. The van der Waals surface area contributed by atoms with Gasteiger partial charge in [0.25, 0.3) is 0 Å². The Morgan fingerprint density at radius 2 is 1.77 bits per heavy atom. The Hall–Kier alpha value is -1.81. The van der Waals surface area contributed by atoms with Gasteiger partial charge < -0.3 is 10.6 Å². The van der Waals surface area contributed by atoms with Gasteiger partial charge >= 0.3 is 15.5 Å². The van der Waals surface area contributed by atoms with Crippen LogP contribution in [0.15, 0.2) is 35.3 Å². The maximum absolute atomic E-state index is 12.7. The van der Waals surface area contributed by atoms with Crippen LogP contribution in [-0.4, -0.2) is 56.4 Å². The number of sulfonamides is 1. The van der Waals surface area contributed by atoms with Crippen LogP contribution in [-0.2, 0) is 16.4 Å². The van der Waals surface area contributed by atoms with Crippen LogP contribution in [0.1, 0.15) is 39.2 Å². The van der Waals surface area contributed by atoms with E-state index in [9.17, 15) is 21.6 Å². The third kappa shape index (κ3) is 6.87. The fourth-order valence-electron chi connectivity index (χ4n) is 3.40. The minimum absolute atomic E-state index is 0.0755. The third-order valence-corrected chi connectivity index (χ3v) is 6.59. The highest BCUT2D eigenvalue weighted by Crippen LogP contribution is 2.29. The van der Waals surface area contributed by atoms with Gasteiger partial charge in [-0.3, -0.25) is 4.99 Å². The summed E-state index contributed by atoms with van der Waals surface area (Å²) in [5.41, 5.74) is -4.10. The van der Waals surface area contributed by atoms with Gasteiger partial charge in [0.05, 0.1) is 0 Å². The zero-order valence-electron chi connectivity index (χ0n) is 17.7. The van der Waals surface area contributed by atoms with Gasteiger partial charge in [-0.2, -0.15) is 17.5 Å². The number of hydrogen-bond donors (Lipinski definition) is 2. The molecule has 0 atom stereocenters. The summed E-state index contributed by atoms with van der Waals surface area (Å²) in [6.45, 7) is 7.08. The molecule has 30 heavy (non-hydrogen) atoms. The number of hydrogen-bond acceptors (Lipinski definition) is 3. The first-order chi connectivity index (χ1) is 13.9. The highest BCUT2D eigenvalue weighted by Gasteiger charge is 2.50. The molecule has 0 bridgehead atoms. The molecular weight excluding hydrogens is 417 g/mol. The van der Waals surface area contributed by atoms with Gasteiger partial charge in [0.2, 0.25) is 0 Å². The van der Waals surface area contributed by atoms with Crippen LogP contribution in [0, 0.1) is 5.41 Å². The molecular formula is C20H31F3N4O2S. The first-order valence-corrected chi connectivity index (χ1v) is 11.5. The molecule has 10 heteroatoms. The van der Waals surface area contributed by atoms with E-state index in [1.165, 1.54) is 5.56 Å². The summed E-state index contributed by atoms with van der Waals surface area (Å²) in [5, 5.41) is 6.40. The Morgan fingerprint density at radius 3 is 2.30 bits per heavy atom. The van der Waals surface area contributed by atoms with Crippen molar-refractivity contribution in [3.63, 3.8) is 0 Å². The summed E-state index contributed by atoms with van der Waals surface area (Å²) >= 11 is 0. The van der Waals surface area contributed by atoms with E-state index in [1.807, 2.05) is 25.1 Å². The Bertz CT molecular complexity index is 803. The van der Waals surface area contributed by atoms with Crippen molar-refractivity contribution in [3.8, 4) is 0 Å². The molecule has 2 N–H and O–H groups in total. The van der Waals surface area contributed by atoms with Crippen LogP contribution in [0.2, 0.25) is 0 Å². The molecule has 6 nitrogen and oxygen atoms in total. The molecule has 2 rings (SSSR count). The molecule has 0 radical (unpaired) electrons. The fourth-order valence-corrected chi connectivity index (χ4v) is 4.38. The molecule has 0 saturated carbocycles. The molecule has 0 unspecified atom stereocenters. The van der Waals surface area contributed by atoms with Crippen molar-refractivity contribution in [2.75, 3.05) is 26.2 Å². The van der Waals surface area contributed by atoms with E-state index in [0.717, 1.165) is 6.42 Å². The minimum atomic E-state index is -5.26. The number of aliphatic imine (C=N–C) groups is 1. The molecule has 170 valence electrons. The normalized spacial score (nSPS) is 17.7. The first-order valence-electron chi connectivity index (χ1n) is 10.1. The van der Waals surface area contributed by atoms with Crippen molar-refractivity contribution in [2.45, 2.75) is 51.6 Å². The van der Waals surface area contributed by atoms with Crippen LogP contribution in [0.3, 0.4) is 0 Å². The summed E-state index contributed by atoms with van der Waals surface area (Å²) in [5.74, 6) is 0.593. The molecule has 1 aliphatic rings. The summed E-state index contributed by atoms with van der Waals surface area (Å²) in [6, 6.07) is 10.0. The SMILES string of the molecule is CCNC(=NCC(C)(C)Cc1ccccc1)NC1CCN(S(=O)(=O)C(F)(F)F)CC1. The van der Waals surface area contributed by atoms with Gasteiger partial charge in [-0.1, -0.05) is 44.2 Å². The van der Waals surface area contributed by atoms with Crippen molar-refractivity contribution < 1.29 is 21.6 Å². The number of nitrogens with one attached hydrogen (secondary N) is 2. The average Bonchev–Trinajstić information content (AvgIpc) is 2.66. The fraction of sp³-hybridized carbons (Fsp3) is 0.650. The van der Waals surface area contributed by atoms with E-state index in [4.69, 9.17) is 0 Å². The molecule has 0 aromatic heterocycles. The van der Waals surface area contributed by atoms with Crippen molar-refractivity contribution in [1.29, 1.82) is 0 Å². The standard InChI is InChI=1S/C20H31F3N4O2S/c1-4-24-18(25-15-19(2,3)14-16-8-6-5-7-9-16)26-17-10-12-27(13-11-17)30(28,29)20(21,22)23/h5-9,17H,4,10-15H2,1-3H3,(H2,24,25,26). The van der Waals surface area contributed by atoms with Gasteiger partial charge in [-0.05, 0) is 37.2 Å². The maximum atomic E-state index is 12.7. The molecule has 1 fully saturated rings. The predicted octanol–water partition coefficient (Wildman–Crippen LogP) is 3.12. The second kappa shape index (κ2) is 10.00. The maximum Gasteiger partial charge on any atom is 0.511 e. The molecule has 0 aliphatic carbocycles. The first kappa shape index (κ1) is 24.5. The number of halogens is 3. The summed E-state index contributed by atoms with van der Waals surface area (Å²) < 4.78 is 61.8. The molecule has 1 heterocycles. The lowest BCUT2D eigenvalue weighted by Crippen LogP contribution is -2.51. The van der Waals surface area contributed by atoms with Gasteiger partial charge in [0.15, 0.2) is 5.96 Å². The Kier molecular flexibility index (Phi) is 8.15. The second-order valence-corrected chi connectivity index (χ2v) is 10.2. The zero-order chi connectivity index (χ0) is 22.4. The summed E-state index contributed by atoms with van der Waals surface area (Å²) in [6.07, 6.45) is 1.44. The van der Waals surface area contributed by atoms with Crippen molar-refractivity contribution in [2.24, 2.45) is 10.4 Å². The van der Waals surface area contributed by atoms with Crippen LogP contribution < -0.4 is 10.6 Å². The average molecular weight is 449 g/mol. The van der Waals surface area contributed by atoms with Gasteiger partial charge in [-0.25, -0.2) is 8.42 Å². The predicted molar refractivity (Wildman–Crippen MR) is 113 cm³/mol. The monoisotopic (exact) mass is 448 g/mol. The molecule has 1 aliphatic heterocycles. The molecule has 1 aromatic rings. The quantitative estimate of drug-likeness (QED) is 0.497. The van der Waals surface area contributed by atoms with Gasteiger partial charge in [0.1, 0.15) is 0 Å².